The van der Waals surface area contributed by atoms with Crippen molar-refractivity contribution in [3.05, 3.63) is 0 Å². The van der Waals surface area contributed by atoms with Crippen molar-refractivity contribution in [3.63, 3.8) is 0 Å². The highest BCUT2D eigenvalue weighted by Crippen LogP contribution is 2.38. The molecule has 2 saturated carbocycles. The summed E-state index contributed by atoms with van der Waals surface area (Å²) >= 11 is 0. The van der Waals surface area contributed by atoms with Crippen molar-refractivity contribution in [1.82, 2.24) is 5.32 Å². The predicted molar refractivity (Wildman–Crippen MR) is 83.3 cm³/mol. The standard InChI is InChI=1S/C17H32N2O/c1-17(2,3)13-6-10-15(11-7-13)19-14-8-4-12(5-9-14)16(18)20/h12-15,19H,4-11H2,1-3H3,(H2,18,20). The lowest BCUT2D eigenvalue weighted by Crippen LogP contribution is -2.44. The smallest absolute Gasteiger partial charge is 0.220 e. The molecule has 0 aromatic carbocycles. The van der Waals surface area contributed by atoms with Crippen molar-refractivity contribution in [2.24, 2.45) is 23.0 Å². The molecule has 0 bridgehead atoms. The summed E-state index contributed by atoms with van der Waals surface area (Å²) in [6.07, 6.45) is 9.54. The summed E-state index contributed by atoms with van der Waals surface area (Å²) in [6, 6.07) is 1.31. The van der Waals surface area contributed by atoms with Gasteiger partial charge in [0.1, 0.15) is 0 Å². The zero-order valence-corrected chi connectivity index (χ0v) is 13.5. The number of carbonyl (C=O) groups is 1. The zero-order chi connectivity index (χ0) is 14.8. The van der Waals surface area contributed by atoms with Gasteiger partial charge in [0.25, 0.3) is 0 Å². The quantitative estimate of drug-likeness (QED) is 0.834. The molecule has 3 N–H and O–H groups in total. The number of nitrogens with one attached hydrogen (secondary N) is 1. The Kier molecular flexibility index (Phi) is 5.11. The highest BCUT2D eigenvalue weighted by Gasteiger charge is 2.31. The Morgan fingerprint density at radius 1 is 0.900 bits per heavy atom. The van der Waals surface area contributed by atoms with Crippen LogP contribution in [0.4, 0.5) is 0 Å². The first kappa shape index (κ1) is 15.8. The second-order valence-electron chi connectivity index (χ2n) is 8.03. The van der Waals surface area contributed by atoms with E-state index in [-0.39, 0.29) is 11.8 Å². The van der Waals surface area contributed by atoms with Gasteiger partial charge >= 0.3 is 0 Å². The first-order valence-corrected chi connectivity index (χ1v) is 8.41. The molecule has 0 heterocycles. The van der Waals surface area contributed by atoms with Crippen molar-refractivity contribution in [2.75, 3.05) is 0 Å². The van der Waals surface area contributed by atoms with Gasteiger partial charge in [-0.3, -0.25) is 4.79 Å². The maximum absolute atomic E-state index is 11.2. The molecule has 2 aliphatic carbocycles. The van der Waals surface area contributed by atoms with Crippen LogP contribution in [0.15, 0.2) is 0 Å². The Morgan fingerprint density at radius 3 is 1.75 bits per heavy atom. The van der Waals surface area contributed by atoms with Gasteiger partial charge in [0.15, 0.2) is 0 Å². The molecule has 0 aromatic heterocycles. The summed E-state index contributed by atoms with van der Waals surface area (Å²) in [4.78, 5) is 11.2. The Balaban J connectivity index is 1.70. The van der Waals surface area contributed by atoms with E-state index in [1.807, 2.05) is 0 Å². The minimum absolute atomic E-state index is 0.103. The van der Waals surface area contributed by atoms with Gasteiger partial charge in [-0.05, 0) is 62.7 Å². The lowest BCUT2D eigenvalue weighted by atomic mass is 9.71. The fourth-order valence-electron chi connectivity index (χ4n) is 4.00. The van der Waals surface area contributed by atoms with E-state index >= 15 is 0 Å². The van der Waals surface area contributed by atoms with Crippen LogP contribution in [-0.4, -0.2) is 18.0 Å². The van der Waals surface area contributed by atoms with E-state index in [1.165, 1.54) is 25.7 Å². The lowest BCUT2D eigenvalue weighted by Gasteiger charge is -2.39. The van der Waals surface area contributed by atoms with Crippen LogP contribution in [0.2, 0.25) is 0 Å². The van der Waals surface area contributed by atoms with Crippen molar-refractivity contribution in [2.45, 2.75) is 84.2 Å². The first-order chi connectivity index (χ1) is 9.36. The highest BCUT2D eigenvalue weighted by molar-refractivity contribution is 5.76. The number of carbonyl (C=O) groups excluding carboxylic acids is 1. The minimum atomic E-state index is -0.103. The molecule has 0 unspecified atom stereocenters. The van der Waals surface area contributed by atoms with Crippen LogP contribution >= 0.6 is 0 Å². The molecule has 0 aromatic rings. The van der Waals surface area contributed by atoms with E-state index in [0.717, 1.165) is 31.6 Å². The molecule has 0 saturated heterocycles. The Hall–Kier alpha value is -0.570. The van der Waals surface area contributed by atoms with Crippen molar-refractivity contribution in [3.8, 4) is 0 Å². The largest absolute Gasteiger partial charge is 0.369 e. The van der Waals surface area contributed by atoms with Gasteiger partial charge in [0.2, 0.25) is 5.91 Å². The van der Waals surface area contributed by atoms with E-state index in [0.29, 0.717) is 17.5 Å². The third kappa shape index (κ3) is 4.21. The summed E-state index contributed by atoms with van der Waals surface area (Å²) in [5, 5.41) is 3.84. The summed E-state index contributed by atoms with van der Waals surface area (Å²) in [5.74, 6) is 0.907. The van der Waals surface area contributed by atoms with Gasteiger partial charge in [0, 0.05) is 18.0 Å². The molecule has 0 aliphatic heterocycles. The summed E-state index contributed by atoms with van der Waals surface area (Å²) in [7, 11) is 0. The van der Waals surface area contributed by atoms with Crippen molar-refractivity contribution < 1.29 is 4.79 Å². The minimum Gasteiger partial charge on any atom is -0.369 e. The van der Waals surface area contributed by atoms with E-state index in [2.05, 4.69) is 26.1 Å². The second kappa shape index (κ2) is 6.46. The maximum atomic E-state index is 11.2. The number of nitrogens with two attached hydrogens (primary N) is 1. The fraction of sp³-hybridized carbons (Fsp3) is 0.941. The topological polar surface area (TPSA) is 55.1 Å². The molecule has 3 nitrogen and oxygen atoms in total. The normalized spacial score (nSPS) is 35.8. The number of hydrogen-bond donors (Lipinski definition) is 2. The van der Waals surface area contributed by atoms with Gasteiger partial charge in [0.05, 0.1) is 0 Å². The summed E-state index contributed by atoms with van der Waals surface area (Å²) < 4.78 is 0. The molecule has 1 amide bonds. The van der Waals surface area contributed by atoms with E-state index in [4.69, 9.17) is 5.73 Å². The molecule has 3 heteroatoms. The van der Waals surface area contributed by atoms with Crippen LogP contribution < -0.4 is 11.1 Å². The van der Waals surface area contributed by atoms with Crippen LogP contribution in [0.25, 0.3) is 0 Å². The Morgan fingerprint density at radius 2 is 1.35 bits per heavy atom. The average Bonchev–Trinajstić information content (AvgIpc) is 2.39. The SMILES string of the molecule is CC(C)(C)C1CCC(NC2CCC(C(N)=O)CC2)CC1. The van der Waals surface area contributed by atoms with Crippen LogP contribution in [0.3, 0.4) is 0 Å². The summed E-state index contributed by atoms with van der Waals surface area (Å²) in [5.41, 5.74) is 5.86. The summed E-state index contributed by atoms with van der Waals surface area (Å²) in [6.45, 7) is 7.11. The van der Waals surface area contributed by atoms with Crippen LogP contribution in [-0.2, 0) is 4.79 Å². The van der Waals surface area contributed by atoms with E-state index in [1.54, 1.807) is 0 Å². The molecule has 0 radical (unpaired) electrons. The first-order valence-electron chi connectivity index (χ1n) is 8.41. The highest BCUT2D eigenvalue weighted by atomic mass is 16.1. The third-order valence-electron chi connectivity index (χ3n) is 5.55. The number of rotatable bonds is 3. The van der Waals surface area contributed by atoms with Crippen molar-refractivity contribution >= 4 is 5.91 Å². The second-order valence-corrected chi connectivity index (χ2v) is 8.03. The predicted octanol–water partition coefficient (Wildman–Crippen LogP) is 3.23. The molecule has 2 rings (SSSR count). The molecular formula is C17H32N2O. The molecule has 116 valence electrons. The van der Waals surface area contributed by atoms with Crippen LogP contribution in [0.1, 0.15) is 72.1 Å². The van der Waals surface area contributed by atoms with Gasteiger partial charge < -0.3 is 11.1 Å². The zero-order valence-electron chi connectivity index (χ0n) is 13.5. The monoisotopic (exact) mass is 280 g/mol. The number of amides is 1. The van der Waals surface area contributed by atoms with E-state index in [9.17, 15) is 4.79 Å². The number of hydrogen-bond acceptors (Lipinski definition) is 2. The average molecular weight is 280 g/mol. The van der Waals surface area contributed by atoms with Crippen LogP contribution in [0, 0.1) is 17.3 Å². The van der Waals surface area contributed by atoms with Crippen LogP contribution in [0.5, 0.6) is 0 Å². The van der Waals surface area contributed by atoms with Gasteiger partial charge in [-0.25, -0.2) is 0 Å². The molecule has 0 atom stereocenters. The van der Waals surface area contributed by atoms with Gasteiger partial charge in [-0.1, -0.05) is 20.8 Å². The van der Waals surface area contributed by atoms with Crippen molar-refractivity contribution in [1.29, 1.82) is 0 Å². The maximum Gasteiger partial charge on any atom is 0.220 e. The van der Waals surface area contributed by atoms with E-state index < -0.39 is 0 Å². The fourth-order valence-corrected chi connectivity index (χ4v) is 4.00. The van der Waals surface area contributed by atoms with Gasteiger partial charge in [-0.2, -0.15) is 0 Å². The Labute approximate surface area is 124 Å². The molecule has 2 fully saturated rings. The Bertz CT molecular complexity index is 318. The number of primary amides is 1. The molecule has 20 heavy (non-hydrogen) atoms. The third-order valence-corrected chi connectivity index (χ3v) is 5.55. The molecule has 2 aliphatic rings. The lowest BCUT2D eigenvalue weighted by molar-refractivity contribution is -0.122. The molecular weight excluding hydrogens is 248 g/mol. The van der Waals surface area contributed by atoms with Gasteiger partial charge in [-0.15, -0.1) is 0 Å². The molecule has 0 spiro atoms.